The Morgan fingerprint density at radius 3 is 2.97 bits per heavy atom. The molecule has 0 aliphatic heterocycles. The van der Waals surface area contributed by atoms with Gasteiger partial charge < -0.3 is 5.32 Å². The Hall–Kier alpha value is -2.70. The molecule has 1 aromatic carbocycles. The Morgan fingerprint density at radius 1 is 1.30 bits per heavy atom. The molecule has 0 spiro atoms. The fourth-order valence-corrected chi connectivity index (χ4v) is 5.67. The molecule has 0 atom stereocenters. The quantitative estimate of drug-likeness (QED) is 0.455. The number of thioether (sulfide) groups is 1. The Morgan fingerprint density at radius 2 is 2.13 bits per heavy atom. The summed E-state index contributed by atoms with van der Waals surface area (Å²) in [5.41, 5.74) is 3.79. The van der Waals surface area contributed by atoms with Crippen LogP contribution in [0.1, 0.15) is 47.3 Å². The van der Waals surface area contributed by atoms with Crippen LogP contribution in [0, 0.1) is 18.3 Å². The largest absolute Gasteiger partial charge is 0.317 e. The van der Waals surface area contributed by atoms with Gasteiger partial charge in [0.1, 0.15) is 11.1 Å². The van der Waals surface area contributed by atoms with Crippen molar-refractivity contribution in [3.8, 4) is 11.8 Å². The van der Waals surface area contributed by atoms with E-state index in [-0.39, 0.29) is 5.91 Å². The van der Waals surface area contributed by atoms with Gasteiger partial charge in [0.2, 0.25) is 11.1 Å². The zero-order valence-electron chi connectivity index (χ0n) is 16.7. The minimum atomic E-state index is -0.0923. The van der Waals surface area contributed by atoms with E-state index in [9.17, 15) is 10.1 Å². The molecule has 9 heteroatoms. The van der Waals surface area contributed by atoms with Crippen LogP contribution in [-0.4, -0.2) is 31.9 Å². The molecule has 4 rings (SSSR count). The number of rotatable bonds is 6. The van der Waals surface area contributed by atoms with Crippen LogP contribution in [0.3, 0.4) is 0 Å². The number of benzene rings is 1. The molecular formula is C21H22N6OS2. The lowest BCUT2D eigenvalue weighted by atomic mass is 10.1. The lowest BCUT2D eigenvalue weighted by molar-refractivity contribution is -0.115. The minimum Gasteiger partial charge on any atom is -0.317 e. The lowest BCUT2D eigenvalue weighted by Gasteiger charge is -2.07. The highest BCUT2D eigenvalue weighted by Gasteiger charge is 2.21. The average Bonchev–Trinajstić information content (AvgIpc) is 3.25. The van der Waals surface area contributed by atoms with Gasteiger partial charge in [0.25, 0.3) is 0 Å². The number of nitrogens with one attached hydrogen (secondary N) is 1. The van der Waals surface area contributed by atoms with Crippen LogP contribution in [0.5, 0.6) is 0 Å². The SMILES string of the molecule is Cc1ccccc1-n1nnnc1SCCC(=O)Nc1sc2c(c1C#N)CCCCC2. The van der Waals surface area contributed by atoms with Gasteiger partial charge in [-0.05, 0) is 60.2 Å². The second kappa shape index (κ2) is 9.41. The van der Waals surface area contributed by atoms with Crippen LogP contribution in [0.2, 0.25) is 0 Å². The maximum Gasteiger partial charge on any atom is 0.225 e. The minimum absolute atomic E-state index is 0.0923. The van der Waals surface area contributed by atoms with Crippen LogP contribution in [0.25, 0.3) is 5.69 Å². The third kappa shape index (κ3) is 4.40. The molecule has 1 N–H and O–H groups in total. The van der Waals surface area contributed by atoms with Crippen molar-refractivity contribution in [3.63, 3.8) is 0 Å². The molecule has 2 aromatic heterocycles. The summed E-state index contributed by atoms with van der Waals surface area (Å²) in [7, 11) is 0. The van der Waals surface area contributed by atoms with Crippen LogP contribution < -0.4 is 5.32 Å². The van der Waals surface area contributed by atoms with E-state index < -0.39 is 0 Å². The molecule has 154 valence electrons. The number of hydrogen-bond acceptors (Lipinski definition) is 7. The molecule has 2 heterocycles. The van der Waals surface area contributed by atoms with E-state index in [1.165, 1.54) is 23.1 Å². The molecule has 0 saturated heterocycles. The highest BCUT2D eigenvalue weighted by molar-refractivity contribution is 7.99. The van der Waals surface area contributed by atoms with Gasteiger partial charge in [-0.2, -0.15) is 9.94 Å². The van der Waals surface area contributed by atoms with Crippen LogP contribution in [0.4, 0.5) is 5.00 Å². The van der Waals surface area contributed by atoms with Crippen LogP contribution in [0.15, 0.2) is 29.4 Å². The van der Waals surface area contributed by atoms with E-state index in [0.717, 1.165) is 42.5 Å². The summed E-state index contributed by atoms with van der Waals surface area (Å²) in [6.07, 6.45) is 5.71. The number of fused-ring (bicyclic) bond motifs is 1. The molecule has 0 radical (unpaired) electrons. The molecule has 3 aromatic rings. The number of anilines is 1. The predicted molar refractivity (Wildman–Crippen MR) is 118 cm³/mol. The van der Waals surface area contributed by atoms with Crippen molar-refractivity contribution in [2.45, 2.75) is 50.6 Å². The fourth-order valence-electron chi connectivity index (χ4n) is 3.59. The molecule has 0 fully saturated rings. The number of carbonyl (C=O) groups is 1. The van der Waals surface area contributed by atoms with Gasteiger partial charge in [-0.25, -0.2) is 0 Å². The number of aromatic nitrogens is 4. The first kappa shape index (κ1) is 20.6. The summed E-state index contributed by atoms with van der Waals surface area (Å²) in [6.45, 7) is 2.01. The third-order valence-electron chi connectivity index (χ3n) is 5.13. The zero-order valence-corrected chi connectivity index (χ0v) is 18.4. The first-order chi connectivity index (χ1) is 14.7. The van der Waals surface area contributed by atoms with Gasteiger partial charge in [-0.15, -0.1) is 16.4 Å². The Labute approximate surface area is 183 Å². The smallest absolute Gasteiger partial charge is 0.225 e. The number of aryl methyl sites for hydroxylation is 2. The maximum atomic E-state index is 12.5. The Kier molecular flexibility index (Phi) is 6.45. The molecule has 0 bridgehead atoms. The number of carbonyl (C=O) groups excluding carboxylic acids is 1. The summed E-state index contributed by atoms with van der Waals surface area (Å²) in [5, 5.41) is 25.9. The maximum absolute atomic E-state index is 12.5. The van der Waals surface area contributed by atoms with Crippen molar-refractivity contribution in [1.29, 1.82) is 5.26 Å². The zero-order chi connectivity index (χ0) is 20.9. The summed E-state index contributed by atoms with van der Waals surface area (Å²) < 4.78 is 1.70. The standard InChI is InChI=1S/C21H22N6OS2/c1-14-7-5-6-9-17(14)27-21(24-25-26-27)29-12-11-19(28)23-20-16(13-22)15-8-3-2-4-10-18(15)30-20/h5-7,9H,2-4,8,10-12H2,1H3,(H,23,28). The number of nitriles is 1. The van der Waals surface area contributed by atoms with Crippen molar-refractivity contribution in [2.75, 3.05) is 11.1 Å². The summed E-state index contributed by atoms with van der Waals surface area (Å²) in [5.74, 6) is 0.454. The van der Waals surface area contributed by atoms with Crippen LogP contribution >= 0.6 is 23.1 Å². The van der Waals surface area contributed by atoms with Crippen molar-refractivity contribution < 1.29 is 4.79 Å². The van der Waals surface area contributed by atoms with Crippen molar-refractivity contribution >= 4 is 34.0 Å². The first-order valence-electron chi connectivity index (χ1n) is 9.99. The second-order valence-corrected chi connectivity index (χ2v) is 9.35. The highest BCUT2D eigenvalue weighted by atomic mass is 32.2. The van der Waals surface area contributed by atoms with Gasteiger partial charge in [0.15, 0.2) is 0 Å². The highest BCUT2D eigenvalue weighted by Crippen LogP contribution is 2.37. The van der Waals surface area contributed by atoms with E-state index in [0.29, 0.717) is 27.9 Å². The molecule has 7 nitrogen and oxygen atoms in total. The van der Waals surface area contributed by atoms with Gasteiger partial charge in [-0.1, -0.05) is 36.4 Å². The van der Waals surface area contributed by atoms with Gasteiger partial charge in [0.05, 0.1) is 11.3 Å². The van der Waals surface area contributed by atoms with Gasteiger partial charge >= 0.3 is 0 Å². The van der Waals surface area contributed by atoms with Crippen molar-refractivity contribution in [1.82, 2.24) is 20.2 Å². The van der Waals surface area contributed by atoms with Gasteiger partial charge in [-0.3, -0.25) is 4.79 Å². The second-order valence-electron chi connectivity index (χ2n) is 7.19. The first-order valence-corrected chi connectivity index (χ1v) is 11.8. The Bertz CT molecular complexity index is 1100. The molecule has 1 aliphatic carbocycles. The van der Waals surface area contributed by atoms with Crippen molar-refractivity contribution in [2.24, 2.45) is 0 Å². The fraction of sp³-hybridized carbons (Fsp3) is 0.381. The average molecular weight is 439 g/mol. The summed E-state index contributed by atoms with van der Waals surface area (Å²) in [4.78, 5) is 13.8. The number of para-hydroxylation sites is 1. The van der Waals surface area contributed by atoms with Gasteiger partial charge in [0, 0.05) is 17.1 Å². The van der Waals surface area contributed by atoms with E-state index in [4.69, 9.17) is 0 Å². The monoisotopic (exact) mass is 438 g/mol. The lowest BCUT2D eigenvalue weighted by Crippen LogP contribution is -2.12. The van der Waals surface area contributed by atoms with Crippen molar-refractivity contribution in [3.05, 3.63) is 45.8 Å². The Balaban J connectivity index is 1.38. The number of tetrazole rings is 1. The van der Waals surface area contributed by atoms with E-state index in [1.54, 1.807) is 16.0 Å². The topological polar surface area (TPSA) is 96.5 Å². The molecule has 30 heavy (non-hydrogen) atoms. The summed E-state index contributed by atoms with van der Waals surface area (Å²) in [6, 6.07) is 10.2. The molecule has 0 unspecified atom stereocenters. The molecular weight excluding hydrogens is 416 g/mol. The van der Waals surface area contributed by atoms with E-state index in [1.807, 2.05) is 31.2 Å². The van der Waals surface area contributed by atoms with E-state index >= 15 is 0 Å². The number of amides is 1. The molecule has 1 aliphatic rings. The summed E-state index contributed by atoms with van der Waals surface area (Å²) >= 11 is 3.00. The molecule has 0 saturated carbocycles. The molecule has 1 amide bonds. The number of thiophene rings is 1. The number of nitrogens with zero attached hydrogens (tertiary/aromatic N) is 5. The van der Waals surface area contributed by atoms with Crippen LogP contribution in [-0.2, 0) is 17.6 Å². The number of hydrogen-bond donors (Lipinski definition) is 1. The predicted octanol–water partition coefficient (Wildman–Crippen LogP) is 4.29. The third-order valence-corrected chi connectivity index (χ3v) is 7.26. The normalized spacial score (nSPS) is 13.3. The van der Waals surface area contributed by atoms with E-state index in [2.05, 4.69) is 26.9 Å².